The number of ketones is 1. The maximum absolute atomic E-state index is 12.4. The molecule has 3 aromatic carbocycles. The molecule has 3 rings (SSSR count). The number of primary sulfonamides is 1. The third-order valence-corrected chi connectivity index (χ3v) is 4.90. The number of hydrogen-bond donors (Lipinski definition) is 2. The lowest BCUT2D eigenvalue weighted by molar-refractivity contribution is 0.0986. The molecule has 0 atom stereocenters. The zero-order valence-electron chi connectivity index (χ0n) is 13.5. The zero-order valence-corrected chi connectivity index (χ0v) is 14.3. The van der Waals surface area contributed by atoms with Crippen molar-refractivity contribution in [3.8, 4) is 0 Å². The van der Waals surface area contributed by atoms with Gasteiger partial charge in [-0.15, -0.1) is 0 Å². The summed E-state index contributed by atoms with van der Waals surface area (Å²) in [5, 5.41) is 10.3. The fourth-order valence-corrected chi connectivity index (χ4v) is 3.39. The molecule has 3 aromatic rings. The molecule has 0 aliphatic carbocycles. The van der Waals surface area contributed by atoms with Crippen molar-refractivity contribution >= 4 is 32.3 Å². The lowest BCUT2D eigenvalue weighted by Crippen LogP contribution is -2.16. The number of nitrogens with one attached hydrogen (secondary N) is 1. The number of anilines is 1. The van der Waals surface area contributed by atoms with Gasteiger partial charge in [-0.25, -0.2) is 13.6 Å². The van der Waals surface area contributed by atoms with Crippen LogP contribution in [0.3, 0.4) is 0 Å². The van der Waals surface area contributed by atoms with E-state index in [9.17, 15) is 13.2 Å². The average molecular weight is 354 g/mol. The zero-order chi connectivity index (χ0) is 17.9. The second-order valence-corrected chi connectivity index (χ2v) is 7.23. The van der Waals surface area contributed by atoms with Crippen LogP contribution in [-0.4, -0.2) is 20.7 Å². The molecule has 0 aliphatic heterocycles. The van der Waals surface area contributed by atoms with Gasteiger partial charge >= 0.3 is 0 Å². The van der Waals surface area contributed by atoms with Crippen LogP contribution < -0.4 is 10.5 Å². The van der Waals surface area contributed by atoms with E-state index in [1.807, 2.05) is 42.5 Å². The molecule has 0 bridgehead atoms. The fraction of sp³-hybridized carbons (Fsp3) is 0.105. The monoisotopic (exact) mass is 354 g/mol. The van der Waals surface area contributed by atoms with Gasteiger partial charge in [0.15, 0.2) is 5.78 Å². The Bertz CT molecular complexity index is 1030. The minimum Gasteiger partial charge on any atom is -0.383 e. The Morgan fingerprint density at radius 1 is 0.920 bits per heavy atom. The summed E-state index contributed by atoms with van der Waals surface area (Å²) < 4.78 is 23.1. The Kier molecular flexibility index (Phi) is 4.83. The first kappa shape index (κ1) is 17.1. The number of sulfonamides is 1. The smallest absolute Gasteiger partial charge is 0.240 e. The van der Waals surface area contributed by atoms with Crippen molar-refractivity contribution in [3.63, 3.8) is 0 Å². The molecule has 6 heteroatoms. The molecular weight excluding hydrogens is 336 g/mol. The minimum absolute atomic E-state index is 0.00802. The van der Waals surface area contributed by atoms with Crippen molar-refractivity contribution in [2.75, 3.05) is 11.9 Å². The van der Waals surface area contributed by atoms with E-state index in [4.69, 9.17) is 5.14 Å². The van der Waals surface area contributed by atoms with E-state index in [0.717, 1.165) is 10.8 Å². The minimum atomic E-state index is -3.81. The highest BCUT2D eigenvalue weighted by Crippen LogP contribution is 2.20. The highest BCUT2D eigenvalue weighted by Gasteiger charge is 2.13. The molecule has 5 nitrogen and oxygen atoms in total. The quantitative estimate of drug-likeness (QED) is 0.665. The molecule has 0 amide bonds. The van der Waals surface area contributed by atoms with Gasteiger partial charge in [0, 0.05) is 18.5 Å². The second kappa shape index (κ2) is 7.04. The Morgan fingerprint density at radius 3 is 2.36 bits per heavy atom. The average Bonchev–Trinajstić information content (AvgIpc) is 2.60. The van der Waals surface area contributed by atoms with Crippen molar-refractivity contribution in [2.24, 2.45) is 5.14 Å². The predicted octanol–water partition coefficient (Wildman–Crippen LogP) is 3.17. The summed E-state index contributed by atoms with van der Waals surface area (Å²) >= 11 is 0. The normalized spacial score (nSPS) is 11.4. The number of nitrogens with two attached hydrogens (primary N) is 1. The fourth-order valence-electron chi connectivity index (χ4n) is 2.68. The Balaban J connectivity index is 1.69. The van der Waals surface area contributed by atoms with E-state index in [-0.39, 0.29) is 17.1 Å². The van der Waals surface area contributed by atoms with Crippen LogP contribution in [0.1, 0.15) is 16.8 Å². The molecule has 0 aliphatic rings. The van der Waals surface area contributed by atoms with Crippen LogP contribution in [0.2, 0.25) is 0 Å². The van der Waals surface area contributed by atoms with Crippen molar-refractivity contribution in [1.29, 1.82) is 0 Å². The summed E-state index contributed by atoms with van der Waals surface area (Å²) in [6.07, 6.45) is 0.247. The number of carbonyl (C=O) groups is 1. The number of para-hydroxylation sites is 1. The Hall–Kier alpha value is -2.70. The summed E-state index contributed by atoms with van der Waals surface area (Å²) in [5.74, 6) is -0.00802. The first-order chi connectivity index (χ1) is 11.9. The molecule has 0 radical (unpaired) electrons. The van der Waals surface area contributed by atoms with Crippen LogP contribution >= 0.6 is 0 Å². The van der Waals surface area contributed by atoms with Crippen molar-refractivity contribution in [3.05, 3.63) is 72.3 Å². The molecule has 0 heterocycles. The van der Waals surface area contributed by atoms with E-state index in [1.54, 1.807) is 18.2 Å². The number of carbonyl (C=O) groups excluding carboxylic acids is 1. The van der Waals surface area contributed by atoms with E-state index < -0.39 is 10.0 Å². The Labute approximate surface area is 146 Å². The summed E-state index contributed by atoms with van der Waals surface area (Å²) in [7, 11) is -3.81. The first-order valence-electron chi connectivity index (χ1n) is 7.83. The molecule has 0 aromatic heterocycles. The topological polar surface area (TPSA) is 89.3 Å². The van der Waals surface area contributed by atoms with Crippen LogP contribution in [0.15, 0.2) is 71.6 Å². The standard InChI is InChI=1S/C19H18N2O3S/c20-25(23,24)19-8-4-3-7-17(19)21-12-11-18(22)16-10-9-14-5-1-2-6-15(14)13-16/h1-10,13,21H,11-12H2,(H2,20,23,24). The van der Waals surface area contributed by atoms with Crippen LogP contribution in [0, 0.1) is 0 Å². The SMILES string of the molecule is NS(=O)(=O)c1ccccc1NCCC(=O)c1ccc2ccccc2c1. The predicted molar refractivity (Wildman–Crippen MR) is 99.2 cm³/mol. The number of Topliss-reactive ketones (excluding diaryl/α,β-unsaturated/α-hetero) is 1. The maximum atomic E-state index is 12.4. The van der Waals surface area contributed by atoms with Gasteiger partial charge in [-0.1, -0.05) is 48.5 Å². The number of hydrogen-bond acceptors (Lipinski definition) is 4. The number of fused-ring (bicyclic) bond motifs is 1. The lowest BCUT2D eigenvalue weighted by atomic mass is 10.0. The van der Waals surface area contributed by atoms with Crippen LogP contribution in [0.5, 0.6) is 0 Å². The summed E-state index contributed by atoms with van der Waals surface area (Å²) in [4.78, 5) is 12.4. The molecule has 0 saturated carbocycles. The summed E-state index contributed by atoms with van der Waals surface area (Å²) in [6, 6.07) is 19.8. The molecule has 0 saturated heterocycles. The lowest BCUT2D eigenvalue weighted by Gasteiger charge is -2.10. The summed E-state index contributed by atoms with van der Waals surface area (Å²) in [5.41, 5.74) is 1.04. The number of rotatable bonds is 6. The molecule has 0 unspecified atom stereocenters. The largest absolute Gasteiger partial charge is 0.383 e. The molecule has 25 heavy (non-hydrogen) atoms. The highest BCUT2D eigenvalue weighted by atomic mass is 32.2. The second-order valence-electron chi connectivity index (χ2n) is 5.70. The van der Waals surface area contributed by atoms with E-state index in [2.05, 4.69) is 5.32 Å². The van der Waals surface area contributed by atoms with Crippen LogP contribution in [0.25, 0.3) is 10.8 Å². The number of benzene rings is 3. The van der Waals surface area contributed by atoms with Gasteiger partial charge in [0.2, 0.25) is 10.0 Å². The van der Waals surface area contributed by atoms with Gasteiger partial charge in [-0.2, -0.15) is 0 Å². The van der Waals surface area contributed by atoms with Gasteiger partial charge in [0.05, 0.1) is 5.69 Å². The van der Waals surface area contributed by atoms with Gasteiger partial charge in [-0.05, 0) is 29.0 Å². The highest BCUT2D eigenvalue weighted by molar-refractivity contribution is 7.89. The maximum Gasteiger partial charge on any atom is 0.240 e. The summed E-state index contributed by atoms with van der Waals surface area (Å²) in [6.45, 7) is 0.318. The van der Waals surface area contributed by atoms with Gasteiger partial charge in [0.25, 0.3) is 0 Å². The Morgan fingerprint density at radius 2 is 1.60 bits per heavy atom. The molecule has 3 N–H and O–H groups in total. The van der Waals surface area contributed by atoms with Crippen LogP contribution in [-0.2, 0) is 10.0 Å². The molecule has 0 spiro atoms. The van der Waals surface area contributed by atoms with Gasteiger partial charge in [0.1, 0.15) is 4.90 Å². The molecule has 128 valence electrons. The van der Waals surface area contributed by atoms with Crippen LogP contribution in [0.4, 0.5) is 5.69 Å². The van der Waals surface area contributed by atoms with E-state index >= 15 is 0 Å². The molecule has 0 fully saturated rings. The third kappa shape index (κ3) is 4.04. The van der Waals surface area contributed by atoms with Crippen molar-refractivity contribution in [2.45, 2.75) is 11.3 Å². The first-order valence-corrected chi connectivity index (χ1v) is 9.37. The van der Waals surface area contributed by atoms with Crippen molar-refractivity contribution in [1.82, 2.24) is 0 Å². The van der Waals surface area contributed by atoms with Gasteiger partial charge in [-0.3, -0.25) is 4.79 Å². The van der Waals surface area contributed by atoms with Gasteiger partial charge < -0.3 is 5.32 Å². The molecular formula is C19H18N2O3S. The third-order valence-electron chi connectivity index (χ3n) is 3.93. The van der Waals surface area contributed by atoms with E-state index in [0.29, 0.717) is 17.8 Å². The van der Waals surface area contributed by atoms with Crippen molar-refractivity contribution < 1.29 is 13.2 Å². The van der Waals surface area contributed by atoms with E-state index in [1.165, 1.54) is 6.07 Å².